The monoisotopic (exact) mass is 377 g/mol. The number of ether oxygens (including phenoxy) is 1. The van der Waals surface area contributed by atoms with E-state index in [9.17, 15) is 14.5 Å². The van der Waals surface area contributed by atoms with Crippen LogP contribution < -0.4 is 4.74 Å². The quantitative estimate of drug-likeness (QED) is 0.600. The van der Waals surface area contributed by atoms with Gasteiger partial charge in [0.2, 0.25) is 5.75 Å². The molecule has 0 bridgehead atoms. The first-order chi connectivity index (χ1) is 9.81. The smallest absolute Gasteiger partial charge is 0.315 e. The Morgan fingerprint density at radius 1 is 1.57 bits per heavy atom. The fraction of sp³-hybridized carbons (Fsp3) is 0.250. The molecule has 0 atom stereocenters. The molecule has 9 heteroatoms. The lowest BCUT2D eigenvalue weighted by Crippen LogP contribution is -2.02. The van der Waals surface area contributed by atoms with Gasteiger partial charge in [-0.15, -0.1) is 0 Å². The molecule has 6 nitrogen and oxygen atoms in total. The number of nitrogens with zero attached hydrogens (tertiary/aromatic N) is 3. The lowest BCUT2D eigenvalue weighted by atomic mass is 10.2. The highest BCUT2D eigenvalue weighted by Crippen LogP contribution is 2.37. The van der Waals surface area contributed by atoms with Crippen molar-refractivity contribution in [2.75, 3.05) is 0 Å². The van der Waals surface area contributed by atoms with Crippen molar-refractivity contribution in [3.63, 3.8) is 0 Å². The summed E-state index contributed by atoms with van der Waals surface area (Å²) in [6.45, 7) is 1.74. The van der Waals surface area contributed by atoms with E-state index in [2.05, 4.69) is 21.0 Å². The fourth-order valence-corrected chi connectivity index (χ4v) is 2.57. The normalized spacial score (nSPS) is 10.7. The Labute approximate surface area is 132 Å². The van der Waals surface area contributed by atoms with Crippen LogP contribution in [0.15, 0.2) is 16.6 Å². The van der Waals surface area contributed by atoms with E-state index in [1.165, 1.54) is 4.68 Å². The summed E-state index contributed by atoms with van der Waals surface area (Å²) >= 11 is 9.12. The molecule has 1 heterocycles. The number of aryl methyl sites for hydroxylation is 2. The van der Waals surface area contributed by atoms with E-state index < -0.39 is 16.4 Å². The second kappa shape index (κ2) is 5.98. The van der Waals surface area contributed by atoms with Gasteiger partial charge in [0.15, 0.2) is 0 Å². The van der Waals surface area contributed by atoms with Crippen molar-refractivity contribution in [3.8, 4) is 5.75 Å². The molecule has 1 aromatic carbocycles. The summed E-state index contributed by atoms with van der Waals surface area (Å²) < 4.78 is 20.3. The Bertz CT molecular complexity index is 720. The van der Waals surface area contributed by atoms with Gasteiger partial charge in [-0.05, 0) is 28.9 Å². The number of benzene rings is 1. The second-order valence-corrected chi connectivity index (χ2v) is 5.47. The van der Waals surface area contributed by atoms with Crippen LogP contribution in [0.3, 0.4) is 0 Å². The second-order valence-electron chi connectivity index (χ2n) is 4.26. The van der Waals surface area contributed by atoms with Crippen molar-refractivity contribution in [3.05, 3.63) is 48.9 Å². The summed E-state index contributed by atoms with van der Waals surface area (Å²) in [7, 11) is 1.68. The van der Waals surface area contributed by atoms with E-state index in [1.807, 2.05) is 0 Å². The Kier molecular flexibility index (Phi) is 4.48. The molecule has 0 aliphatic carbocycles. The van der Waals surface area contributed by atoms with Crippen LogP contribution >= 0.6 is 27.5 Å². The lowest BCUT2D eigenvalue weighted by Gasteiger charge is -2.09. The van der Waals surface area contributed by atoms with Gasteiger partial charge in [0, 0.05) is 12.6 Å². The number of rotatable bonds is 4. The number of hydrogen-bond donors (Lipinski definition) is 0. The van der Waals surface area contributed by atoms with Crippen molar-refractivity contribution in [2.45, 2.75) is 13.5 Å². The zero-order valence-electron chi connectivity index (χ0n) is 11.1. The van der Waals surface area contributed by atoms with Crippen LogP contribution in [0.4, 0.5) is 10.1 Å². The van der Waals surface area contributed by atoms with Crippen LogP contribution in [-0.4, -0.2) is 14.7 Å². The summed E-state index contributed by atoms with van der Waals surface area (Å²) in [6, 6.07) is 1.90. The molecular weight excluding hydrogens is 369 g/mol. The molecular formula is C12H10BrClFN3O3. The SMILES string of the molecule is Cc1nn(C)c(Cl)c1COc1c(Br)cc(F)cc1[N+](=O)[O-]. The number of halogens is 3. The Hall–Kier alpha value is -1.67. The van der Waals surface area contributed by atoms with Gasteiger partial charge < -0.3 is 4.74 Å². The highest BCUT2D eigenvalue weighted by molar-refractivity contribution is 9.10. The standard InChI is InChI=1S/C12H10BrClFN3O3/c1-6-8(12(14)17(2)16-6)5-21-11-9(13)3-7(15)4-10(11)18(19)20/h3-4H,5H2,1-2H3. The third kappa shape index (κ3) is 3.16. The molecule has 2 aromatic rings. The third-order valence-electron chi connectivity index (χ3n) is 2.82. The molecule has 0 saturated carbocycles. The highest BCUT2D eigenvalue weighted by Gasteiger charge is 2.22. The summed E-state index contributed by atoms with van der Waals surface area (Å²) in [5.41, 5.74) is 0.813. The maximum atomic E-state index is 13.2. The van der Waals surface area contributed by atoms with Crippen LogP contribution in [0, 0.1) is 22.9 Å². The van der Waals surface area contributed by atoms with Gasteiger partial charge in [0.25, 0.3) is 0 Å². The van der Waals surface area contributed by atoms with Crippen molar-refractivity contribution in [1.29, 1.82) is 0 Å². The maximum absolute atomic E-state index is 13.2. The molecule has 0 N–H and O–H groups in total. The first kappa shape index (κ1) is 15.7. The van der Waals surface area contributed by atoms with Gasteiger partial charge in [-0.25, -0.2) is 4.39 Å². The average molecular weight is 379 g/mol. The predicted molar refractivity (Wildman–Crippen MR) is 78.0 cm³/mol. The Morgan fingerprint density at radius 2 is 2.24 bits per heavy atom. The van der Waals surface area contributed by atoms with Gasteiger partial charge in [-0.2, -0.15) is 5.10 Å². The number of hydrogen-bond acceptors (Lipinski definition) is 4. The molecule has 0 aliphatic rings. The van der Waals surface area contributed by atoms with Crippen molar-refractivity contribution >= 4 is 33.2 Å². The number of aromatic nitrogens is 2. The van der Waals surface area contributed by atoms with E-state index in [0.29, 0.717) is 16.4 Å². The van der Waals surface area contributed by atoms with Crippen LogP contribution in [0.2, 0.25) is 5.15 Å². The lowest BCUT2D eigenvalue weighted by molar-refractivity contribution is -0.386. The first-order valence-electron chi connectivity index (χ1n) is 5.75. The zero-order chi connectivity index (χ0) is 15.7. The maximum Gasteiger partial charge on any atom is 0.315 e. The minimum absolute atomic E-state index is 0.0103. The van der Waals surface area contributed by atoms with E-state index >= 15 is 0 Å². The molecule has 0 radical (unpaired) electrons. The van der Waals surface area contributed by atoms with Crippen molar-refractivity contribution in [2.24, 2.45) is 7.05 Å². The topological polar surface area (TPSA) is 70.2 Å². The molecule has 112 valence electrons. The fourth-order valence-electron chi connectivity index (χ4n) is 1.81. The van der Waals surface area contributed by atoms with Gasteiger partial charge in [-0.3, -0.25) is 14.8 Å². The molecule has 0 saturated heterocycles. The third-order valence-corrected chi connectivity index (χ3v) is 3.88. The van der Waals surface area contributed by atoms with Crippen molar-refractivity contribution < 1.29 is 14.1 Å². The predicted octanol–water partition coefficient (Wildman–Crippen LogP) is 3.77. The number of nitro benzene ring substituents is 1. The Morgan fingerprint density at radius 3 is 2.76 bits per heavy atom. The van der Waals surface area contributed by atoms with Gasteiger partial charge in [0.05, 0.1) is 21.2 Å². The highest BCUT2D eigenvalue weighted by atomic mass is 79.9. The summed E-state index contributed by atoms with van der Waals surface area (Å²) in [5, 5.41) is 15.5. The largest absolute Gasteiger partial charge is 0.481 e. The van der Waals surface area contributed by atoms with Gasteiger partial charge >= 0.3 is 5.69 Å². The minimum Gasteiger partial charge on any atom is -0.481 e. The van der Waals surface area contributed by atoms with E-state index in [4.69, 9.17) is 16.3 Å². The van der Waals surface area contributed by atoms with E-state index in [1.54, 1.807) is 14.0 Å². The first-order valence-corrected chi connectivity index (χ1v) is 6.92. The molecule has 0 amide bonds. The molecule has 0 spiro atoms. The summed E-state index contributed by atoms with van der Waals surface area (Å²) in [6.07, 6.45) is 0. The van der Waals surface area contributed by atoms with Crippen molar-refractivity contribution in [1.82, 2.24) is 9.78 Å². The Balaban J connectivity index is 2.34. The zero-order valence-corrected chi connectivity index (χ0v) is 13.4. The number of nitro groups is 1. The molecule has 0 unspecified atom stereocenters. The van der Waals surface area contributed by atoms with Crippen LogP contribution in [0.5, 0.6) is 5.75 Å². The molecule has 0 aliphatic heterocycles. The minimum atomic E-state index is -0.725. The van der Waals surface area contributed by atoms with Gasteiger partial charge in [-0.1, -0.05) is 11.6 Å². The molecule has 1 aromatic heterocycles. The van der Waals surface area contributed by atoms with Crippen LogP contribution in [0.1, 0.15) is 11.3 Å². The molecule has 0 fully saturated rings. The van der Waals surface area contributed by atoms with Crippen LogP contribution in [-0.2, 0) is 13.7 Å². The average Bonchev–Trinajstić information content (AvgIpc) is 2.62. The molecule has 2 rings (SSSR count). The van der Waals surface area contributed by atoms with E-state index in [0.717, 1.165) is 12.1 Å². The summed E-state index contributed by atoms with van der Waals surface area (Å²) in [4.78, 5) is 10.3. The van der Waals surface area contributed by atoms with Crippen LogP contribution in [0.25, 0.3) is 0 Å². The van der Waals surface area contributed by atoms with E-state index in [-0.39, 0.29) is 16.8 Å². The van der Waals surface area contributed by atoms with Gasteiger partial charge in [0.1, 0.15) is 17.6 Å². The molecule has 21 heavy (non-hydrogen) atoms. The summed E-state index contributed by atoms with van der Waals surface area (Å²) in [5.74, 6) is -0.780.